The molecule has 0 fully saturated rings. The van der Waals surface area contributed by atoms with Gasteiger partial charge in [-0.1, -0.05) is 0 Å². The van der Waals surface area contributed by atoms with Crippen LogP contribution in [0.25, 0.3) is 21.6 Å². The number of nitrogens with zero attached hydrogens (tertiary/aromatic N) is 2. The van der Waals surface area contributed by atoms with E-state index in [0.717, 1.165) is 23.5 Å². The molecule has 0 spiro atoms. The third kappa shape index (κ3) is 2.56. The molecule has 3 rings (SSSR count). The van der Waals surface area contributed by atoms with Gasteiger partial charge in [0, 0.05) is 24.3 Å². The van der Waals surface area contributed by atoms with Crippen molar-refractivity contribution in [2.24, 2.45) is 0 Å². The minimum absolute atomic E-state index is 0.0796. The molecule has 1 aromatic carbocycles. The number of fused-ring (bicyclic) bond motifs is 1. The van der Waals surface area contributed by atoms with Crippen LogP contribution in [-0.2, 0) is 0 Å². The van der Waals surface area contributed by atoms with Crippen molar-refractivity contribution >= 4 is 27.2 Å². The van der Waals surface area contributed by atoms with Gasteiger partial charge in [0.1, 0.15) is 10.7 Å². The molecule has 0 unspecified atom stereocenters. The highest BCUT2D eigenvalue weighted by molar-refractivity contribution is 7.16. The first-order valence-electron chi connectivity index (χ1n) is 7.05. The minimum atomic E-state index is -0.0796. The number of hydrogen-bond donors (Lipinski definition) is 1. The number of thiophene rings is 1. The Hall–Kier alpha value is -2.14. The molecule has 0 saturated heterocycles. The van der Waals surface area contributed by atoms with Crippen LogP contribution in [-0.4, -0.2) is 23.1 Å². The van der Waals surface area contributed by atoms with Crippen molar-refractivity contribution in [3.63, 3.8) is 0 Å². The molecule has 2 heterocycles. The zero-order valence-corrected chi connectivity index (χ0v) is 12.9. The van der Waals surface area contributed by atoms with Crippen LogP contribution in [0.3, 0.4) is 0 Å². The van der Waals surface area contributed by atoms with Crippen LogP contribution in [0.2, 0.25) is 0 Å². The topological polar surface area (TPSA) is 49.0 Å². The van der Waals surface area contributed by atoms with E-state index in [-0.39, 0.29) is 5.56 Å². The van der Waals surface area contributed by atoms with Gasteiger partial charge in [0.05, 0.1) is 5.39 Å². The third-order valence-electron chi connectivity index (χ3n) is 3.60. The quantitative estimate of drug-likeness (QED) is 0.802. The molecule has 2 aromatic heterocycles. The monoisotopic (exact) mass is 299 g/mol. The Morgan fingerprint density at radius 3 is 2.52 bits per heavy atom. The number of aromatic amines is 1. The molecule has 0 aliphatic rings. The van der Waals surface area contributed by atoms with Gasteiger partial charge in [0.2, 0.25) is 0 Å². The molecule has 1 N–H and O–H groups in total. The van der Waals surface area contributed by atoms with Crippen LogP contribution in [0.5, 0.6) is 0 Å². The Morgan fingerprint density at radius 1 is 1.14 bits per heavy atom. The van der Waals surface area contributed by atoms with Crippen molar-refractivity contribution in [1.29, 1.82) is 0 Å². The van der Waals surface area contributed by atoms with Gasteiger partial charge < -0.3 is 9.88 Å². The molecule has 0 aliphatic carbocycles. The lowest BCUT2D eigenvalue weighted by molar-refractivity contribution is 0.866. The normalized spacial score (nSPS) is 11.0. The summed E-state index contributed by atoms with van der Waals surface area (Å²) in [5.74, 6) is 0.626. The predicted molar refractivity (Wildman–Crippen MR) is 89.2 cm³/mol. The van der Waals surface area contributed by atoms with Gasteiger partial charge in [0.15, 0.2) is 0 Å². The maximum Gasteiger partial charge on any atom is 0.259 e. The number of H-pyrrole nitrogens is 1. The Balaban J connectivity index is 2.00. The summed E-state index contributed by atoms with van der Waals surface area (Å²) in [5.41, 5.74) is 2.03. The van der Waals surface area contributed by atoms with E-state index in [1.54, 1.807) is 6.07 Å². The lowest BCUT2D eigenvalue weighted by atomic mass is 10.2. The summed E-state index contributed by atoms with van der Waals surface area (Å²) < 4.78 is 0. The molecule has 0 atom stereocenters. The van der Waals surface area contributed by atoms with E-state index in [1.165, 1.54) is 17.0 Å². The third-order valence-corrected chi connectivity index (χ3v) is 4.41. The van der Waals surface area contributed by atoms with Crippen molar-refractivity contribution in [3.05, 3.63) is 46.1 Å². The number of nitrogens with one attached hydrogen (secondary N) is 1. The fourth-order valence-corrected chi connectivity index (χ4v) is 3.19. The first-order valence-corrected chi connectivity index (χ1v) is 7.93. The molecular formula is C16H17N3OS. The summed E-state index contributed by atoms with van der Waals surface area (Å²) in [4.78, 5) is 22.5. The van der Waals surface area contributed by atoms with Crippen molar-refractivity contribution in [1.82, 2.24) is 9.97 Å². The molecule has 0 aliphatic heterocycles. The summed E-state index contributed by atoms with van der Waals surface area (Å²) in [6, 6.07) is 9.96. The maximum atomic E-state index is 12.0. The molecule has 0 saturated carbocycles. The van der Waals surface area contributed by atoms with E-state index in [0.29, 0.717) is 11.2 Å². The first kappa shape index (κ1) is 13.8. The van der Waals surface area contributed by atoms with Crippen molar-refractivity contribution < 1.29 is 0 Å². The van der Waals surface area contributed by atoms with Gasteiger partial charge >= 0.3 is 0 Å². The van der Waals surface area contributed by atoms with E-state index in [4.69, 9.17) is 0 Å². The Kier molecular flexibility index (Phi) is 3.75. The van der Waals surface area contributed by atoms with E-state index < -0.39 is 0 Å². The molecule has 21 heavy (non-hydrogen) atoms. The molecule has 4 nitrogen and oxygen atoms in total. The highest BCUT2D eigenvalue weighted by atomic mass is 32.1. The molecule has 0 amide bonds. The highest BCUT2D eigenvalue weighted by Crippen LogP contribution is 2.22. The largest absolute Gasteiger partial charge is 0.372 e. The van der Waals surface area contributed by atoms with Gasteiger partial charge in [-0.05, 0) is 49.6 Å². The van der Waals surface area contributed by atoms with Gasteiger partial charge in [-0.25, -0.2) is 4.98 Å². The van der Waals surface area contributed by atoms with Gasteiger partial charge in [-0.2, -0.15) is 0 Å². The number of anilines is 1. The summed E-state index contributed by atoms with van der Waals surface area (Å²) in [7, 11) is 0. The highest BCUT2D eigenvalue weighted by Gasteiger charge is 2.08. The van der Waals surface area contributed by atoms with Crippen LogP contribution < -0.4 is 10.5 Å². The SMILES string of the molecule is CCN(CC)c1ccc(-c2nc3sccc3c(=O)[nH]2)cc1. The molecular weight excluding hydrogens is 282 g/mol. The van der Waals surface area contributed by atoms with Gasteiger partial charge in [-0.15, -0.1) is 11.3 Å². The van der Waals surface area contributed by atoms with Crippen LogP contribution in [0.4, 0.5) is 5.69 Å². The minimum Gasteiger partial charge on any atom is -0.372 e. The van der Waals surface area contributed by atoms with E-state index in [9.17, 15) is 4.79 Å². The number of hydrogen-bond acceptors (Lipinski definition) is 4. The number of aromatic nitrogens is 2. The molecule has 108 valence electrons. The lowest BCUT2D eigenvalue weighted by Gasteiger charge is -2.21. The summed E-state index contributed by atoms with van der Waals surface area (Å²) in [6.45, 7) is 6.24. The van der Waals surface area contributed by atoms with Crippen LogP contribution >= 0.6 is 11.3 Å². The van der Waals surface area contributed by atoms with Crippen molar-refractivity contribution in [2.75, 3.05) is 18.0 Å². The second-order valence-corrected chi connectivity index (χ2v) is 5.67. The standard InChI is InChI=1S/C16H17N3OS/c1-3-19(4-2)12-7-5-11(6-8-12)14-17-15(20)13-9-10-21-16(13)18-14/h5-10H,3-4H2,1-2H3,(H,17,18,20). The Morgan fingerprint density at radius 2 is 1.86 bits per heavy atom. The zero-order valence-electron chi connectivity index (χ0n) is 12.1. The number of rotatable bonds is 4. The zero-order chi connectivity index (χ0) is 14.8. The number of benzene rings is 1. The van der Waals surface area contributed by atoms with Crippen LogP contribution in [0.1, 0.15) is 13.8 Å². The van der Waals surface area contributed by atoms with Crippen molar-refractivity contribution in [3.8, 4) is 11.4 Å². The van der Waals surface area contributed by atoms with E-state index in [2.05, 4.69) is 40.8 Å². The maximum absolute atomic E-state index is 12.0. The second-order valence-electron chi connectivity index (χ2n) is 4.77. The average molecular weight is 299 g/mol. The van der Waals surface area contributed by atoms with Gasteiger partial charge in [0.25, 0.3) is 5.56 Å². The van der Waals surface area contributed by atoms with Crippen molar-refractivity contribution in [2.45, 2.75) is 13.8 Å². The lowest BCUT2D eigenvalue weighted by Crippen LogP contribution is -2.21. The first-order chi connectivity index (χ1) is 10.2. The summed E-state index contributed by atoms with van der Waals surface area (Å²) >= 11 is 1.49. The van der Waals surface area contributed by atoms with E-state index >= 15 is 0 Å². The fourth-order valence-electron chi connectivity index (χ4n) is 2.42. The predicted octanol–water partition coefficient (Wildman–Crippen LogP) is 3.50. The van der Waals surface area contributed by atoms with Crippen LogP contribution in [0, 0.1) is 0 Å². The Labute approximate surface area is 127 Å². The van der Waals surface area contributed by atoms with E-state index in [1.807, 2.05) is 17.5 Å². The van der Waals surface area contributed by atoms with Gasteiger partial charge in [-0.3, -0.25) is 4.79 Å². The summed E-state index contributed by atoms with van der Waals surface area (Å²) in [6.07, 6.45) is 0. The smallest absolute Gasteiger partial charge is 0.259 e. The second kappa shape index (κ2) is 5.69. The van der Waals surface area contributed by atoms with Crippen LogP contribution in [0.15, 0.2) is 40.5 Å². The summed E-state index contributed by atoms with van der Waals surface area (Å²) in [5, 5.41) is 2.55. The Bertz CT molecular complexity index is 800. The average Bonchev–Trinajstić information content (AvgIpc) is 2.98. The molecule has 0 radical (unpaired) electrons. The molecule has 0 bridgehead atoms. The molecule has 5 heteroatoms. The molecule has 3 aromatic rings. The fraction of sp³-hybridized carbons (Fsp3) is 0.250.